The summed E-state index contributed by atoms with van der Waals surface area (Å²) in [4.78, 5) is 12.4. The fraction of sp³-hybridized carbons (Fsp3) is 0.118. The number of carbonyl (C=O) groups excluding carboxylic acids is 1. The molecule has 112 valence electrons. The van der Waals surface area contributed by atoms with Crippen LogP contribution in [-0.4, -0.2) is 24.6 Å². The summed E-state index contributed by atoms with van der Waals surface area (Å²) >= 11 is 0. The van der Waals surface area contributed by atoms with Crippen LogP contribution in [0.1, 0.15) is 15.9 Å². The molecule has 2 aromatic carbocycles. The zero-order valence-corrected chi connectivity index (χ0v) is 11.8. The van der Waals surface area contributed by atoms with Gasteiger partial charge in [-0.2, -0.15) is 0 Å². The summed E-state index contributed by atoms with van der Waals surface area (Å²) in [5.41, 5.74) is 1.23. The zero-order chi connectivity index (χ0) is 15.7. The van der Waals surface area contributed by atoms with Gasteiger partial charge in [0.2, 0.25) is 0 Å². The van der Waals surface area contributed by atoms with E-state index in [4.69, 9.17) is 9.47 Å². The number of methoxy groups -OCH3 is 1. The second kappa shape index (κ2) is 5.52. The molecule has 0 saturated carbocycles. The van der Waals surface area contributed by atoms with Crippen molar-refractivity contribution in [1.29, 1.82) is 0 Å². The fourth-order valence-electron chi connectivity index (χ4n) is 2.33. The van der Waals surface area contributed by atoms with E-state index in [9.17, 15) is 14.3 Å². The molecule has 5 heteroatoms. The van der Waals surface area contributed by atoms with Crippen molar-refractivity contribution in [2.75, 3.05) is 13.7 Å². The van der Waals surface area contributed by atoms with Crippen molar-refractivity contribution in [3.05, 3.63) is 58.9 Å². The second-order valence-electron chi connectivity index (χ2n) is 4.84. The standard InChI is InChI=1S/C17H13FO4/c1-21-15-6-5-10(8-14(15)19)7-11-9-22-17-12(16(11)20)3-2-4-13(17)18/h2-8,19H,9H2,1H3/b11-7-. The number of carbonyl (C=O) groups is 1. The lowest BCUT2D eigenvalue weighted by atomic mass is 9.98. The predicted octanol–water partition coefficient (Wildman–Crippen LogP) is 3.20. The van der Waals surface area contributed by atoms with Gasteiger partial charge in [-0.3, -0.25) is 4.79 Å². The Kier molecular flexibility index (Phi) is 3.55. The van der Waals surface area contributed by atoms with E-state index in [1.54, 1.807) is 18.2 Å². The van der Waals surface area contributed by atoms with Gasteiger partial charge in [-0.25, -0.2) is 4.39 Å². The van der Waals surface area contributed by atoms with E-state index >= 15 is 0 Å². The molecule has 1 heterocycles. The first-order valence-electron chi connectivity index (χ1n) is 6.63. The molecule has 22 heavy (non-hydrogen) atoms. The highest BCUT2D eigenvalue weighted by Gasteiger charge is 2.25. The van der Waals surface area contributed by atoms with E-state index in [2.05, 4.69) is 0 Å². The lowest BCUT2D eigenvalue weighted by Crippen LogP contribution is -2.19. The van der Waals surface area contributed by atoms with E-state index in [0.29, 0.717) is 16.9 Å². The highest BCUT2D eigenvalue weighted by atomic mass is 19.1. The number of para-hydroxylation sites is 1. The molecular formula is C17H13FO4. The fourth-order valence-corrected chi connectivity index (χ4v) is 2.33. The SMILES string of the molecule is COc1ccc(/C=C2/COc3c(F)cccc3C2=O)cc1O. The molecule has 3 rings (SSSR count). The Bertz CT molecular complexity index is 780. The van der Waals surface area contributed by atoms with Crippen LogP contribution in [0.25, 0.3) is 6.08 Å². The number of benzene rings is 2. The highest BCUT2D eigenvalue weighted by molar-refractivity contribution is 6.14. The average molecular weight is 300 g/mol. The minimum absolute atomic E-state index is 0.0118. The van der Waals surface area contributed by atoms with Gasteiger partial charge in [0.15, 0.2) is 28.8 Å². The molecule has 4 nitrogen and oxygen atoms in total. The largest absolute Gasteiger partial charge is 0.504 e. The molecule has 0 radical (unpaired) electrons. The van der Waals surface area contributed by atoms with Crippen molar-refractivity contribution in [3.8, 4) is 17.2 Å². The van der Waals surface area contributed by atoms with Gasteiger partial charge in [-0.05, 0) is 35.9 Å². The number of hydrogen-bond acceptors (Lipinski definition) is 4. The number of Topliss-reactive ketones (excluding diaryl/α,β-unsaturated/α-hetero) is 1. The zero-order valence-electron chi connectivity index (χ0n) is 11.8. The first-order chi connectivity index (χ1) is 10.6. The Labute approximate surface area is 126 Å². The van der Waals surface area contributed by atoms with Crippen LogP contribution in [0.3, 0.4) is 0 Å². The topological polar surface area (TPSA) is 55.8 Å². The summed E-state index contributed by atoms with van der Waals surface area (Å²) in [6.45, 7) is -0.0143. The maximum absolute atomic E-state index is 13.6. The molecule has 1 N–H and O–H groups in total. The number of ether oxygens (including phenoxy) is 2. The van der Waals surface area contributed by atoms with Crippen molar-refractivity contribution < 1.29 is 23.8 Å². The Morgan fingerprint density at radius 1 is 1.32 bits per heavy atom. The van der Waals surface area contributed by atoms with Gasteiger partial charge < -0.3 is 14.6 Å². The summed E-state index contributed by atoms with van der Waals surface area (Å²) in [7, 11) is 1.46. The number of ketones is 1. The number of halogens is 1. The van der Waals surface area contributed by atoms with Crippen LogP contribution in [0.2, 0.25) is 0 Å². The number of rotatable bonds is 2. The third-order valence-electron chi connectivity index (χ3n) is 3.42. The third kappa shape index (κ3) is 2.41. The third-order valence-corrected chi connectivity index (χ3v) is 3.42. The van der Waals surface area contributed by atoms with Crippen LogP contribution in [0, 0.1) is 5.82 Å². The van der Waals surface area contributed by atoms with Crippen LogP contribution in [-0.2, 0) is 0 Å². The number of fused-ring (bicyclic) bond motifs is 1. The van der Waals surface area contributed by atoms with Gasteiger partial charge in [0.1, 0.15) is 6.61 Å². The van der Waals surface area contributed by atoms with Crippen molar-refractivity contribution in [2.24, 2.45) is 0 Å². The summed E-state index contributed by atoms with van der Waals surface area (Å²) in [6.07, 6.45) is 1.61. The molecule has 0 fully saturated rings. The molecule has 0 atom stereocenters. The quantitative estimate of drug-likeness (QED) is 0.865. The van der Waals surface area contributed by atoms with Crippen LogP contribution >= 0.6 is 0 Å². The van der Waals surface area contributed by atoms with Crippen molar-refractivity contribution >= 4 is 11.9 Å². The monoisotopic (exact) mass is 300 g/mol. The van der Waals surface area contributed by atoms with Gasteiger partial charge in [0, 0.05) is 5.57 Å². The summed E-state index contributed by atoms with van der Waals surface area (Å²) < 4.78 is 23.9. The first kappa shape index (κ1) is 14.1. The lowest BCUT2D eigenvalue weighted by Gasteiger charge is -2.19. The summed E-state index contributed by atoms with van der Waals surface area (Å²) in [5.74, 6) is -0.515. The summed E-state index contributed by atoms with van der Waals surface area (Å²) in [6, 6.07) is 9.04. The van der Waals surface area contributed by atoms with Gasteiger partial charge in [0.25, 0.3) is 0 Å². The van der Waals surface area contributed by atoms with Crippen LogP contribution in [0.5, 0.6) is 17.2 Å². The van der Waals surface area contributed by atoms with Gasteiger partial charge in [-0.15, -0.1) is 0 Å². The molecular weight excluding hydrogens is 287 g/mol. The average Bonchev–Trinajstić information content (AvgIpc) is 2.51. The highest BCUT2D eigenvalue weighted by Crippen LogP contribution is 2.32. The predicted molar refractivity (Wildman–Crippen MR) is 78.9 cm³/mol. The number of aromatic hydroxyl groups is 1. The van der Waals surface area contributed by atoms with Crippen LogP contribution in [0.4, 0.5) is 4.39 Å². The normalized spacial score (nSPS) is 15.4. The molecule has 0 aliphatic carbocycles. The van der Waals surface area contributed by atoms with Gasteiger partial charge in [0.05, 0.1) is 12.7 Å². The van der Waals surface area contributed by atoms with Crippen LogP contribution < -0.4 is 9.47 Å². The van der Waals surface area contributed by atoms with E-state index in [1.807, 2.05) is 0 Å². The van der Waals surface area contributed by atoms with Crippen LogP contribution in [0.15, 0.2) is 42.0 Å². The van der Waals surface area contributed by atoms with Gasteiger partial charge in [-0.1, -0.05) is 12.1 Å². The Hall–Kier alpha value is -2.82. The van der Waals surface area contributed by atoms with E-state index in [1.165, 1.54) is 31.4 Å². The Morgan fingerprint density at radius 2 is 2.14 bits per heavy atom. The van der Waals surface area contributed by atoms with E-state index in [0.717, 1.165) is 0 Å². The minimum atomic E-state index is -0.549. The molecule has 0 aromatic heterocycles. The summed E-state index contributed by atoms with van der Waals surface area (Å²) in [5, 5.41) is 9.76. The minimum Gasteiger partial charge on any atom is -0.504 e. The molecule has 0 unspecified atom stereocenters. The van der Waals surface area contributed by atoms with E-state index in [-0.39, 0.29) is 29.5 Å². The van der Waals surface area contributed by atoms with Crippen molar-refractivity contribution in [2.45, 2.75) is 0 Å². The number of hydrogen-bond donors (Lipinski definition) is 1. The Balaban J connectivity index is 1.96. The maximum Gasteiger partial charge on any atom is 0.196 e. The molecule has 1 aliphatic rings. The van der Waals surface area contributed by atoms with Crippen molar-refractivity contribution in [1.82, 2.24) is 0 Å². The maximum atomic E-state index is 13.6. The smallest absolute Gasteiger partial charge is 0.196 e. The molecule has 2 aromatic rings. The molecule has 0 saturated heterocycles. The number of phenolic OH excluding ortho intramolecular Hbond substituents is 1. The molecule has 1 aliphatic heterocycles. The number of phenols is 1. The van der Waals surface area contributed by atoms with E-state index < -0.39 is 5.82 Å². The Morgan fingerprint density at radius 3 is 2.86 bits per heavy atom. The molecule has 0 bridgehead atoms. The lowest BCUT2D eigenvalue weighted by molar-refractivity contribution is 0.0998. The second-order valence-corrected chi connectivity index (χ2v) is 4.84. The molecule has 0 spiro atoms. The molecule has 0 amide bonds. The first-order valence-corrected chi connectivity index (χ1v) is 6.63. The van der Waals surface area contributed by atoms with Crippen molar-refractivity contribution in [3.63, 3.8) is 0 Å². The van der Waals surface area contributed by atoms with Gasteiger partial charge >= 0.3 is 0 Å².